The maximum absolute atomic E-state index is 13.7. The van der Waals surface area contributed by atoms with Gasteiger partial charge in [0.2, 0.25) is 0 Å². The number of halogens is 1. The minimum absolute atomic E-state index is 0.115. The largest absolute Gasteiger partial charge is 0.496 e. The Hall–Kier alpha value is -1.73. The third kappa shape index (κ3) is 2.83. The minimum atomic E-state index is -0.549. The third-order valence-corrected chi connectivity index (χ3v) is 8.32. The molecule has 0 fully saturated rings. The highest BCUT2D eigenvalue weighted by molar-refractivity contribution is 7.80. The summed E-state index contributed by atoms with van der Waals surface area (Å²) in [5.41, 5.74) is 2.71. The van der Waals surface area contributed by atoms with Crippen LogP contribution in [0.5, 0.6) is 5.75 Å². The Kier molecular flexibility index (Phi) is 4.63. The number of fused-ring (bicyclic) bond motifs is 3. The second-order valence-electron chi connectivity index (χ2n) is 6.72. The minimum Gasteiger partial charge on any atom is -0.496 e. The Labute approximate surface area is 175 Å². The topological polar surface area (TPSA) is 29.5 Å². The zero-order chi connectivity index (χ0) is 19.3. The number of para-hydroxylation sites is 1. The highest BCUT2D eigenvalue weighted by atomic mass is 35.5. The fourth-order valence-electron chi connectivity index (χ4n) is 3.51. The fourth-order valence-corrected chi connectivity index (χ4v) is 6.96. The van der Waals surface area contributed by atoms with E-state index in [4.69, 9.17) is 28.6 Å². The molecular weight excluding hydrogens is 418 g/mol. The van der Waals surface area contributed by atoms with E-state index >= 15 is 0 Å². The van der Waals surface area contributed by atoms with Crippen LogP contribution in [-0.2, 0) is 5.54 Å². The lowest BCUT2D eigenvalue weighted by atomic mass is 9.87. The molecule has 7 heteroatoms. The Morgan fingerprint density at radius 2 is 1.93 bits per heavy atom. The third-order valence-electron chi connectivity index (χ3n) is 4.76. The van der Waals surface area contributed by atoms with Gasteiger partial charge in [0.1, 0.15) is 9.57 Å². The van der Waals surface area contributed by atoms with Crippen molar-refractivity contribution in [3.63, 3.8) is 0 Å². The van der Waals surface area contributed by atoms with Crippen molar-refractivity contribution in [1.82, 2.24) is 0 Å². The lowest BCUT2D eigenvalue weighted by molar-refractivity contribution is 0.0958. The number of benzene rings is 2. The summed E-state index contributed by atoms with van der Waals surface area (Å²) >= 11 is 11.9. The summed E-state index contributed by atoms with van der Waals surface area (Å²) < 4.78 is 6.26. The molecule has 1 aliphatic heterocycles. The Morgan fingerprint density at radius 1 is 1.19 bits per heavy atom. The van der Waals surface area contributed by atoms with Crippen molar-refractivity contribution in [3.8, 4) is 16.9 Å². The zero-order valence-electron chi connectivity index (χ0n) is 14.9. The summed E-state index contributed by atoms with van der Waals surface area (Å²) in [6.45, 7) is 4.10. The predicted molar refractivity (Wildman–Crippen MR) is 116 cm³/mol. The number of hydrogen-bond acceptors (Lipinski definition) is 5. The molecule has 0 bridgehead atoms. The molecule has 0 saturated heterocycles. The molecule has 27 heavy (non-hydrogen) atoms. The molecule has 0 spiro atoms. The predicted octanol–water partition coefficient (Wildman–Crippen LogP) is 6.76. The number of rotatable bonds is 2. The molecule has 0 radical (unpaired) electrons. The number of carbonyl (C=O) groups excluding carboxylic acids is 1. The van der Waals surface area contributed by atoms with Gasteiger partial charge >= 0.3 is 0 Å². The molecule has 0 saturated carbocycles. The number of hydrogen-bond donors (Lipinski definition) is 0. The van der Waals surface area contributed by atoms with Crippen molar-refractivity contribution in [1.29, 1.82) is 0 Å². The van der Waals surface area contributed by atoms with E-state index in [1.165, 1.54) is 0 Å². The molecule has 2 aromatic carbocycles. The Balaban J connectivity index is 1.99. The number of carbonyl (C=O) groups is 1. The number of amides is 1. The smallest absolute Gasteiger partial charge is 0.262 e. The molecule has 2 heterocycles. The molecule has 4 rings (SSSR count). The molecule has 0 unspecified atom stereocenters. The second-order valence-corrected chi connectivity index (χ2v) is 9.97. The lowest BCUT2D eigenvalue weighted by Gasteiger charge is -2.43. The monoisotopic (exact) mass is 433 g/mol. The molecule has 3 aromatic rings. The number of anilines is 1. The van der Waals surface area contributed by atoms with E-state index in [-0.39, 0.29) is 5.91 Å². The maximum Gasteiger partial charge on any atom is 0.262 e. The average molecular weight is 434 g/mol. The van der Waals surface area contributed by atoms with Gasteiger partial charge in [0.25, 0.3) is 5.91 Å². The van der Waals surface area contributed by atoms with Crippen LogP contribution in [0.15, 0.2) is 42.5 Å². The summed E-state index contributed by atoms with van der Waals surface area (Å²) in [5.74, 6) is 0.438. The van der Waals surface area contributed by atoms with Crippen LogP contribution in [-0.4, -0.2) is 13.0 Å². The van der Waals surface area contributed by atoms with Gasteiger partial charge in [-0.1, -0.05) is 56.6 Å². The number of methoxy groups -OCH3 is 1. The van der Waals surface area contributed by atoms with Crippen LogP contribution in [0.25, 0.3) is 11.1 Å². The highest BCUT2D eigenvalue weighted by Crippen LogP contribution is 2.53. The van der Waals surface area contributed by atoms with Crippen molar-refractivity contribution < 1.29 is 9.53 Å². The summed E-state index contributed by atoms with van der Waals surface area (Å²) in [6.07, 6.45) is 0. The van der Waals surface area contributed by atoms with Gasteiger partial charge in [-0.3, -0.25) is 9.69 Å². The lowest BCUT2D eigenvalue weighted by Crippen LogP contribution is -2.47. The normalized spacial score (nSPS) is 14.4. The van der Waals surface area contributed by atoms with Gasteiger partial charge in [0.15, 0.2) is 0 Å². The molecular formula is C20H16ClNO2S3. The van der Waals surface area contributed by atoms with Gasteiger partial charge in [-0.2, -0.15) is 0 Å². The van der Waals surface area contributed by atoms with Gasteiger partial charge in [0, 0.05) is 16.1 Å². The molecule has 1 aromatic heterocycles. The average Bonchev–Trinajstić information content (AvgIpc) is 3.05. The highest BCUT2D eigenvalue weighted by Gasteiger charge is 2.43. The standard InChI is InChI=1S/C20H16ClNO2S3/c1-20(2)17-16(19(25)27-26-17)13-10-11(21)8-9-14(13)22(20)18(23)12-6-4-5-7-15(12)24-3/h4-10H,1-3H3. The van der Waals surface area contributed by atoms with Gasteiger partial charge < -0.3 is 4.74 Å². The van der Waals surface area contributed by atoms with Crippen LogP contribution in [0, 0.1) is 3.82 Å². The van der Waals surface area contributed by atoms with Crippen molar-refractivity contribution in [3.05, 3.63) is 61.8 Å². The zero-order valence-corrected chi connectivity index (χ0v) is 18.1. The first kappa shape index (κ1) is 18.6. The van der Waals surface area contributed by atoms with E-state index in [9.17, 15) is 4.79 Å². The van der Waals surface area contributed by atoms with Crippen molar-refractivity contribution >= 4 is 56.1 Å². The molecule has 1 amide bonds. The quantitative estimate of drug-likeness (QED) is 0.330. The van der Waals surface area contributed by atoms with Gasteiger partial charge in [-0.25, -0.2) is 0 Å². The van der Waals surface area contributed by atoms with Gasteiger partial charge in [0.05, 0.1) is 28.8 Å². The van der Waals surface area contributed by atoms with E-state index < -0.39 is 5.54 Å². The van der Waals surface area contributed by atoms with Crippen molar-refractivity contribution in [2.24, 2.45) is 0 Å². The Morgan fingerprint density at radius 3 is 2.67 bits per heavy atom. The molecule has 138 valence electrons. The first-order chi connectivity index (χ1) is 12.9. The summed E-state index contributed by atoms with van der Waals surface area (Å²) in [7, 11) is 4.76. The summed E-state index contributed by atoms with van der Waals surface area (Å²) in [6, 6.07) is 12.9. The molecule has 0 aliphatic carbocycles. The van der Waals surface area contributed by atoms with Crippen LogP contribution in [0.3, 0.4) is 0 Å². The van der Waals surface area contributed by atoms with Crippen LogP contribution in [0.4, 0.5) is 5.69 Å². The van der Waals surface area contributed by atoms with E-state index in [0.29, 0.717) is 16.3 Å². The van der Waals surface area contributed by atoms with Crippen LogP contribution >= 0.6 is 44.5 Å². The first-order valence-corrected chi connectivity index (χ1v) is 11.2. The summed E-state index contributed by atoms with van der Waals surface area (Å²) in [4.78, 5) is 16.6. The molecule has 1 aliphatic rings. The van der Waals surface area contributed by atoms with E-state index in [2.05, 4.69) is 13.8 Å². The maximum atomic E-state index is 13.7. The fraction of sp³-hybridized carbons (Fsp3) is 0.200. The number of nitrogens with zero attached hydrogens (tertiary/aromatic N) is 1. The van der Waals surface area contributed by atoms with Crippen LogP contribution < -0.4 is 9.64 Å². The van der Waals surface area contributed by atoms with E-state index in [0.717, 1.165) is 25.5 Å². The van der Waals surface area contributed by atoms with Gasteiger partial charge in [-0.05, 0) is 44.2 Å². The molecule has 0 atom stereocenters. The van der Waals surface area contributed by atoms with E-state index in [1.807, 2.05) is 35.2 Å². The number of ether oxygens (including phenoxy) is 1. The Bertz CT molecular complexity index is 1120. The second kappa shape index (κ2) is 6.71. The first-order valence-electron chi connectivity index (χ1n) is 8.27. The summed E-state index contributed by atoms with van der Waals surface area (Å²) in [5, 5.41) is 0.620. The van der Waals surface area contributed by atoms with E-state index in [1.54, 1.807) is 39.9 Å². The molecule has 3 nitrogen and oxygen atoms in total. The van der Waals surface area contributed by atoms with Crippen LogP contribution in [0.2, 0.25) is 5.02 Å². The van der Waals surface area contributed by atoms with Gasteiger partial charge in [-0.15, -0.1) is 0 Å². The molecule has 0 N–H and O–H groups in total. The van der Waals surface area contributed by atoms with Crippen molar-refractivity contribution in [2.75, 3.05) is 12.0 Å². The van der Waals surface area contributed by atoms with Crippen molar-refractivity contribution in [2.45, 2.75) is 19.4 Å². The SMILES string of the molecule is COc1ccccc1C(=O)N1c2ccc(Cl)cc2-c2c(ssc2=S)C1(C)C. The van der Waals surface area contributed by atoms with Crippen LogP contribution in [0.1, 0.15) is 29.1 Å².